The van der Waals surface area contributed by atoms with E-state index in [4.69, 9.17) is 4.74 Å². The Kier molecular flexibility index (Phi) is 7.30. The third kappa shape index (κ3) is 6.69. The Morgan fingerprint density at radius 3 is 2.00 bits per heavy atom. The van der Waals surface area contributed by atoms with Crippen LogP contribution in [0.4, 0.5) is 11.4 Å². The molecule has 0 bridgehead atoms. The van der Waals surface area contributed by atoms with Gasteiger partial charge in [-0.05, 0) is 55.5 Å². The van der Waals surface area contributed by atoms with Crippen LogP contribution in [0.15, 0.2) is 84.9 Å². The van der Waals surface area contributed by atoms with E-state index in [9.17, 15) is 9.59 Å². The van der Waals surface area contributed by atoms with Crippen molar-refractivity contribution >= 4 is 35.0 Å². The van der Waals surface area contributed by atoms with Gasteiger partial charge in [0.1, 0.15) is 11.5 Å². The molecule has 1 atom stereocenters. The number of carbonyl (C=O) groups excluding carboxylic acids is 2. The fraction of sp³-hybridized carbons (Fsp3) is 0.130. The summed E-state index contributed by atoms with van der Waals surface area (Å²) < 4.78 is 5.74. The molecule has 29 heavy (non-hydrogen) atoms. The first-order valence-corrected chi connectivity index (χ1v) is 10.3. The Balaban J connectivity index is 1.44. The molecule has 0 saturated carbocycles. The highest BCUT2D eigenvalue weighted by molar-refractivity contribution is 8.01. The Morgan fingerprint density at radius 1 is 0.793 bits per heavy atom. The predicted octanol–water partition coefficient (Wildman–Crippen LogP) is 5.18. The molecule has 6 heteroatoms. The zero-order chi connectivity index (χ0) is 20.5. The van der Waals surface area contributed by atoms with Crippen molar-refractivity contribution in [3.63, 3.8) is 0 Å². The molecule has 0 unspecified atom stereocenters. The van der Waals surface area contributed by atoms with Crippen LogP contribution in [0.5, 0.6) is 11.5 Å². The first kappa shape index (κ1) is 20.5. The molecule has 0 radical (unpaired) electrons. The van der Waals surface area contributed by atoms with Gasteiger partial charge in [0.15, 0.2) is 0 Å². The summed E-state index contributed by atoms with van der Waals surface area (Å²) in [5, 5.41) is 5.30. The smallest absolute Gasteiger partial charge is 0.237 e. The zero-order valence-electron chi connectivity index (χ0n) is 16.0. The number of nitrogens with one attached hydrogen (secondary N) is 2. The number of carbonyl (C=O) groups is 2. The minimum Gasteiger partial charge on any atom is -0.457 e. The predicted molar refractivity (Wildman–Crippen MR) is 119 cm³/mol. The minimum absolute atomic E-state index is 0.136. The van der Waals surface area contributed by atoms with Crippen molar-refractivity contribution in [1.29, 1.82) is 0 Å². The summed E-state index contributed by atoms with van der Waals surface area (Å²) in [6, 6.07) is 25.9. The Labute approximate surface area is 174 Å². The van der Waals surface area contributed by atoms with Gasteiger partial charge in [0, 0.05) is 11.4 Å². The van der Waals surface area contributed by atoms with E-state index < -0.39 is 0 Å². The quantitative estimate of drug-likeness (QED) is 0.541. The largest absolute Gasteiger partial charge is 0.457 e. The Bertz CT molecular complexity index is 931. The maximum absolute atomic E-state index is 12.4. The number of para-hydroxylation sites is 2. The van der Waals surface area contributed by atoms with Crippen LogP contribution < -0.4 is 15.4 Å². The van der Waals surface area contributed by atoms with Crippen molar-refractivity contribution in [1.82, 2.24) is 0 Å². The maximum Gasteiger partial charge on any atom is 0.237 e. The molecule has 3 aromatic rings. The fourth-order valence-corrected chi connectivity index (χ4v) is 3.15. The number of rotatable bonds is 8. The van der Waals surface area contributed by atoms with Crippen LogP contribution in [0.25, 0.3) is 0 Å². The number of anilines is 2. The molecule has 148 valence electrons. The standard InChI is InChI=1S/C23H22N2O3S/c1-17(29-16-22(26)24-18-8-4-2-5-9-18)23(27)25-19-12-14-21(15-13-19)28-20-10-6-3-7-11-20/h2-15,17H,16H2,1H3,(H,24,26)(H,25,27)/t17-/m0/s1. The molecule has 0 fully saturated rings. The van der Waals surface area contributed by atoms with E-state index >= 15 is 0 Å². The molecule has 0 aliphatic carbocycles. The normalized spacial score (nSPS) is 11.3. The van der Waals surface area contributed by atoms with E-state index in [1.54, 1.807) is 31.2 Å². The van der Waals surface area contributed by atoms with E-state index in [1.165, 1.54) is 11.8 Å². The molecular weight excluding hydrogens is 384 g/mol. The number of hydrogen-bond acceptors (Lipinski definition) is 4. The number of hydrogen-bond donors (Lipinski definition) is 2. The van der Waals surface area contributed by atoms with Crippen LogP contribution in [0, 0.1) is 0 Å². The zero-order valence-corrected chi connectivity index (χ0v) is 16.8. The molecule has 0 aliphatic rings. The third-order valence-corrected chi connectivity index (χ3v) is 5.13. The van der Waals surface area contributed by atoms with Gasteiger partial charge >= 0.3 is 0 Å². The number of benzene rings is 3. The summed E-state index contributed by atoms with van der Waals surface area (Å²) in [7, 11) is 0. The summed E-state index contributed by atoms with van der Waals surface area (Å²) in [5.41, 5.74) is 1.42. The van der Waals surface area contributed by atoms with Crippen molar-refractivity contribution < 1.29 is 14.3 Å². The van der Waals surface area contributed by atoms with Gasteiger partial charge in [-0.15, -0.1) is 11.8 Å². The number of ether oxygens (including phenoxy) is 1. The van der Waals surface area contributed by atoms with Crippen molar-refractivity contribution in [2.24, 2.45) is 0 Å². The molecule has 0 aromatic heterocycles. The Morgan fingerprint density at radius 2 is 1.34 bits per heavy atom. The van der Waals surface area contributed by atoms with Gasteiger partial charge in [-0.3, -0.25) is 9.59 Å². The summed E-state index contributed by atoms with van der Waals surface area (Å²) >= 11 is 1.29. The lowest BCUT2D eigenvalue weighted by molar-refractivity contribution is -0.115. The highest BCUT2D eigenvalue weighted by atomic mass is 32.2. The number of thioether (sulfide) groups is 1. The van der Waals surface area contributed by atoms with Crippen molar-refractivity contribution in [2.75, 3.05) is 16.4 Å². The minimum atomic E-state index is -0.364. The molecule has 3 rings (SSSR count). The second-order valence-electron chi connectivity index (χ2n) is 6.30. The van der Waals surface area contributed by atoms with Gasteiger partial charge in [-0.1, -0.05) is 36.4 Å². The van der Waals surface area contributed by atoms with Crippen LogP contribution in [-0.4, -0.2) is 22.8 Å². The summed E-state index contributed by atoms with van der Waals surface area (Å²) in [5.74, 6) is 1.35. The summed E-state index contributed by atoms with van der Waals surface area (Å²) in [6.07, 6.45) is 0. The summed E-state index contributed by atoms with van der Waals surface area (Å²) in [6.45, 7) is 1.78. The van der Waals surface area contributed by atoms with E-state index in [-0.39, 0.29) is 22.8 Å². The molecule has 0 spiro atoms. The SMILES string of the molecule is C[C@H](SCC(=O)Nc1ccccc1)C(=O)Nc1ccc(Oc2ccccc2)cc1. The summed E-state index contributed by atoms with van der Waals surface area (Å²) in [4.78, 5) is 24.4. The first-order chi connectivity index (χ1) is 14.1. The van der Waals surface area contributed by atoms with Crippen LogP contribution in [0.3, 0.4) is 0 Å². The van der Waals surface area contributed by atoms with Gasteiger partial charge in [0.2, 0.25) is 11.8 Å². The molecule has 0 heterocycles. The van der Waals surface area contributed by atoms with Crippen LogP contribution >= 0.6 is 11.8 Å². The average Bonchev–Trinajstić information content (AvgIpc) is 2.75. The second kappa shape index (κ2) is 10.3. The lowest BCUT2D eigenvalue weighted by atomic mass is 10.3. The van der Waals surface area contributed by atoms with E-state index in [0.717, 1.165) is 11.4 Å². The van der Waals surface area contributed by atoms with E-state index in [0.29, 0.717) is 11.4 Å². The van der Waals surface area contributed by atoms with Crippen LogP contribution in [-0.2, 0) is 9.59 Å². The second-order valence-corrected chi connectivity index (χ2v) is 7.63. The van der Waals surface area contributed by atoms with E-state index in [1.807, 2.05) is 60.7 Å². The van der Waals surface area contributed by atoms with Gasteiger partial charge in [0.25, 0.3) is 0 Å². The number of amides is 2. The third-order valence-electron chi connectivity index (χ3n) is 3.99. The van der Waals surface area contributed by atoms with Gasteiger partial charge < -0.3 is 15.4 Å². The molecule has 2 amide bonds. The highest BCUT2D eigenvalue weighted by Crippen LogP contribution is 2.23. The first-order valence-electron chi connectivity index (χ1n) is 9.20. The lowest BCUT2D eigenvalue weighted by Crippen LogP contribution is -2.25. The Hall–Kier alpha value is -3.25. The van der Waals surface area contributed by atoms with Crippen molar-refractivity contribution in [3.8, 4) is 11.5 Å². The molecule has 0 aliphatic heterocycles. The molecule has 5 nitrogen and oxygen atoms in total. The van der Waals surface area contributed by atoms with Crippen LogP contribution in [0.1, 0.15) is 6.92 Å². The average molecular weight is 407 g/mol. The topological polar surface area (TPSA) is 67.4 Å². The molecule has 2 N–H and O–H groups in total. The molecular formula is C23H22N2O3S. The van der Waals surface area contributed by atoms with Gasteiger partial charge in [-0.25, -0.2) is 0 Å². The van der Waals surface area contributed by atoms with Gasteiger partial charge in [-0.2, -0.15) is 0 Å². The molecule has 3 aromatic carbocycles. The van der Waals surface area contributed by atoms with E-state index in [2.05, 4.69) is 10.6 Å². The van der Waals surface area contributed by atoms with Crippen LogP contribution in [0.2, 0.25) is 0 Å². The fourth-order valence-electron chi connectivity index (χ4n) is 2.47. The van der Waals surface area contributed by atoms with Gasteiger partial charge in [0.05, 0.1) is 11.0 Å². The van der Waals surface area contributed by atoms with Crippen molar-refractivity contribution in [2.45, 2.75) is 12.2 Å². The van der Waals surface area contributed by atoms with Crippen molar-refractivity contribution in [3.05, 3.63) is 84.9 Å². The molecule has 0 saturated heterocycles. The monoisotopic (exact) mass is 406 g/mol. The highest BCUT2D eigenvalue weighted by Gasteiger charge is 2.15. The lowest BCUT2D eigenvalue weighted by Gasteiger charge is -2.13. The maximum atomic E-state index is 12.4.